The van der Waals surface area contributed by atoms with Crippen LogP contribution in [-0.2, 0) is 12.7 Å². The van der Waals surface area contributed by atoms with E-state index in [-0.39, 0.29) is 16.7 Å². The second kappa shape index (κ2) is 6.90. The minimum atomic E-state index is -4.49. The van der Waals surface area contributed by atoms with Crippen LogP contribution in [0.15, 0.2) is 53.3 Å². The topological polar surface area (TPSA) is 51.1 Å². The summed E-state index contributed by atoms with van der Waals surface area (Å²) in [6, 6.07) is 10.6. The molecule has 140 valence electrons. The maximum Gasteiger partial charge on any atom is 0.416 e. The lowest BCUT2D eigenvalue weighted by molar-refractivity contribution is -0.137. The molecule has 3 aromatic rings. The molecule has 1 N–H and O–H groups in total. The van der Waals surface area contributed by atoms with Gasteiger partial charge in [-0.15, -0.1) is 0 Å². The monoisotopic (exact) mass is 374 g/mol. The van der Waals surface area contributed by atoms with Gasteiger partial charge in [0.25, 0.3) is 5.91 Å². The average molecular weight is 374 g/mol. The van der Waals surface area contributed by atoms with E-state index >= 15 is 0 Å². The molecule has 27 heavy (non-hydrogen) atoms. The number of benzene rings is 2. The number of carbonyl (C=O) groups is 1. The largest absolute Gasteiger partial charge is 0.416 e. The number of nitrogens with one attached hydrogen (secondary N) is 1. The fourth-order valence-corrected chi connectivity index (χ4v) is 3.04. The van der Waals surface area contributed by atoms with Crippen molar-refractivity contribution < 1.29 is 18.0 Å². The first-order valence-corrected chi connectivity index (χ1v) is 8.33. The molecule has 1 amide bonds. The van der Waals surface area contributed by atoms with Crippen LogP contribution in [0.5, 0.6) is 0 Å². The highest BCUT2D eigenvalue weighted by Crippen LogP contribution is 2.30. The molecule has 4 nitrogen and oxygen atoms in total. The Morgan fingerprint density at radius 3 is 2.52 bits per heavy atom. The maximum atomic E-state index is 12.8. The zero-order valence-electron chi connectivity index (χ0n) is 14.7. The third kappa shape index (κ3) is 3.72. The smallest absolute Gasteiger partial charge is 0.345 e. The van der Waals surface area contributed by atoms with E-state index in [1.807, 2.05) is 18.4 Å². The van der Waals surface area contributed by atoms with Gasteiger partial charge in [0, 0.05) is 34.9 Å². The highest BCUT2D eigenvalue weighted by molar-refractivity contribution is 6.06. The van der Waals surface area contributed by atoms with Crippen molar-refractivity contribution in [2.45, 2.75) is 26.6 Å². The molecule has 7 heteroatoms. The molecule has 0 atom stereocenters. The van der Waals surface area contributed by atoms with Crippen LogP contribution in [0.2, 0.25) is 0 Å². The van der Waals surface area contributed by atoms with E-state index in [0.717, 1.165) is 17.8 Å². The molecular weight excluding hydrogens is 357 g/mol. The molecule has 0 saturated carbocycles. The van der Waals surface area contributed by atoms with E-state index in [2.05, 4.69) is 5.32 Å². The number of hydrogen-bond acceptors (Lipinski definition) is 2. The number of anilines is 1. The third-order valence-electron chi connectivity index (χ3n) is 4.34. The molecule has 0 aliphatic carbocycles. The van der Waals surface area contributed by atoms with Gasteiger partial charge in [0.1, 0.15) is 0 Å². The SMILES string of the molecule is CCn1c(C)cc(=O)c2cc(C(=O)Nc3cccc(C(F)(F)F)c3)ccc21. The van der Waals surface area contributed by atoms with Crippen LogP contribution in [-0.4, -0.2) is 10.5 Å². The Morgan fingerprint density at radius 2 is 1.85 bits per heavy atom. The van der Waals surface area contributed by atoms with E-state index in [4.69, 9.17) is 0 Å². The zero-order chi connectivity index (χ0) is 19.8. The lowest BCUT2D eigenvalue weighted by Crippen LogP contribution is -2.15. The minimum absolute atomic E-state index is 0.0322. The quantitative estimate of drug-likeness (QED) is 0.728. The molecule has 2 aromatic carbocycles. The van der Waals surface area contributed by atoms with E-state index in [1.165, 1.54) is 24.3 Å². The molecule has 0 fully saturated rings. The Balaban J connectivity index is 1.96. The van der Waals surface area contributed by atoms with E-state index in [9.17, 15) is 22.8 Å². The Kier molecular flexibility index (Phi) is 4.78. The number of nitrogens with zero attached hydrogens (tertiary/aromatic N) is 1. The van der Waals surface area contributed by atoms with E-state index in [1.54, 1.807) is 12.1 Å². The Hall–Kier alpha value is -3.09. The molecule has 0 aliphatic heterocycles. The van der Waals surface area contributed by atoms with Gasteiger partial charge in [-0.05, 0) is 50.2 Å². The molecule has 0 radical (unpaired) electrons. The van der Waals surface area contributed by atoms with Gasteiger partial charge in [-0.2, -0.15) is 13.2 Å². The van der Waals surface area contributed by atoms with Gasteiger partial charge in [-0.1, -0.05) is 6.07 Å². The maximum absolute atomic E-state index is 12.8. The molecule has 0 aliphatic rings. The van der Waals surface area contributed by atoms with Gasteiger partial charge in [-0.25, -0.2) is 0 Å². The first-order chi connectivity index (χ1) is 12.7. The number of amides is 1. The van der Waals surface area contributed by atoms with Crippen molar-refractivity contribution in [3.8, 4) is 0 Å². The number of halogens is 3. The van der Waals surface area contributed by atoms with E-state index in [0.29, 0.717) is 17.4 Å². The van der Waals surface area contributed by atoms with Crippen molar-refractivity contribution in [3.63, 3.8) is 0 Å². The van der Waals surface area contributed by atoms with Crippen LogP contribution < -0.4 is 10.7 Å². The highest BCUT2D eigenvalue weighted by atomic mass is 19.4. The Labute approximate surface area is 153 Å². The number of hydrogen-bond donors (Lipinski definition) is 1. The standard InChI is InChI=1S/C20H17F3N2O2/c1-3-25-12(2)9-18(26)16-10-13(7-8-17(16)25)19(27)24-15-6-4-5-14(11-15)20(21,22)23/h4-11H,3H2,1-2H3,(H,24,27). The molecule has 0 unspecified atom stereocenters. The summed E-state index contributed by atoms with van der Waals surface area (Å²) < 4.78 is 40.4. The third-order valence-corrected chi connectivity index (χ3v) is 4.34. The number of carbonyl (C=O) groups excluding carboxylic acids is 1. The number of alkyl halides is 3. The van der Waals surface area contributed by atoms with Crippen molar-refractivity contribution in [1.29, 1.82) is 0 Å². The number of aromatic nitrogens is 1. The lowest BCUT2D eigenvalue weighted by Gasteiger charge is -2.13. The summed E-state index contributed by atoms with van der Waals surface area (Å²) in [5, 5.41) is 2.84. The van der Waals surface area contributed by atoms with Crippen LogP contribution in [0, 0.1) is 6.92 Å². The predicted molar refractivity (Wildman–Crippen MR) is 98.0 cm³/mol. The van der Waals surface area contributed by atoms with Crippen molar-refractivity contribution in [3.05, 3.63) is 75.6 Å². The van der Waals surface area contributed by atoms with Crippen LogP contribution in [0.3, 0.4) is 0 Å². The summed E-state index contributed by atoms with van der Waals surface area (Å²) in [6.45, 7) is 4.45. The first-order valence-electron chi connectivity index (χ1n) is 8.33. The van der Waals surface area contributed by atoms with Gasteiger partial charge < -0.3 is 9.88 Å². The Morgan fingerprint density at radius 1 is 1.11 bits per heavy atom. The normalized spacial score (nSPS) is 11.6. The molecule has 0 saturated heterocycles. The summed E-state index contributed by atoms with van der Waals surface area (Å²) in [6.07, 6.45) is -4.49. The van der Waals surface area contributed by atoms with Crippen LogP contribution in [0.25, 0.3) is 10.9 Å². The first kappa shape index (κ1) is 18.7. The average Bonchev–Trinajstić information content (AvgIpc) is 2.61. The fraction of sp³-hybridized carbons (Fsp3) is 0.200. The van der Waals surface area contributed by atoms with Gasteiger partial charge in [0.15, 0.2) is 5.43 Å². The fourth-order valence-electron chi connectivity index (χ4n) is 3.04. The molecule has 3 rings (SSSR count). The molecule has 0 spiro atoms. The lowest BCUT2D eigenvalue weighted by atomic mass is 10.1. The number of rotatable bonds is 3. The summed E-state index contributed by atoms with van der Waals surface area (Å²) in [7, 11) is 0. The second-order valence-electron chi connectivity index (χ2n) is 6.16. The summed E-state index contributed by atoms with van der Waals surface area (Å²) in [4.78, 5) is 24.7. The van der Waals surface area contributed by atoms with Crippen molar-refractivity contribution in [2.24, 2.45) is 0 Å². The number of aryl methyl sites for hydroxylation is 2. The second-order valence-corrected chi connectivity index (χ2v) is 6.16. The molecular formula is C20H17F3N2O2. The van der Waals surface area contributed by atoms with Gasteiger partial charge in [0.05, 0.1) is 11.1 Å². The van der Waals surface area contributed by atoms with Gasteiger partial charge in [0.2, 0.25) is 0 Å². The van der Waals surface area contributed by atoms with Crippen molar-refractivity contribution in [1.82, 2.24) is 4.57 Å². The molecule has 1 aromatic heterocycles. The number of fused-ring (bicyclic) bond motifs is 1. The van der Waals surface area contributed by atoms with Crippen LogP contribution >= 0.6 is 0 Å². The predicted octanol–water partition coefficient (Wildman–Crippen LogP) is 4.60. The summed E-state index contributed by atoms with van der Waals surface area (Å²) in [5.41, 5.74) is 0.698. The van der Waals surface area contributed by atoms with Crippen molar-refractivity contribution >= 4 is 22.5 Å². The molecule has 1 heterocycles. The van der Waals surface area contributed by atoms with E-state index < -0.39 is 17.6 Å². The van der Waals surface area contributed by atoms with Gasteiger partial charge >= 0.3 is 6.18 Å². The Bertz CT molecular complexity index is 1080. The summed E-state index contributed by atoms with van der Waals surface area (Å²) >= 11 is 0. The zero-order valence-corrected chi connectivity index (χ0v) is 14.7. The highest BCUT2D eigenvalue weighted by Gasteiger charge is 2.30. The summed E-state index contributed by atoms with van der Waals surface area (Å²) in [5.74, 6) is -0.584. The van der Waals surface area contributed by atoms with Crippen LogP contribution in [0.4, 0.5) is 18.9 Å². The van der Waals surface area contributed by atoms with Crippen molar-refractivity contribution in [2.75, 3.05) is 5.32 Å². The van der Waals surface area contributed by atoms with Crippen LogP contribution in [0.1, 0.15) is 28.5 Å². The van der Waals surface area contributed by atoms with Gasteiger partial charge in [-0.3, -0.25) is 9.59 Å². The molecule has 0 bridgehead atoms. The minimum Gasteiger partial charge on any atom is -0.345 e. The number of pyridine rings is 1.